The molecule has 0 aliphatic rings. The van der Waals surface area contributed by atoms with Gasteiger partial charge in [0, 0.05) is 5.57 Å². The molecular formula is C11H19FO2. The minimum Gasteiger partial charge on any atom is -0.462 e. The lowest BCUT2D eigenvalue weighted by molar-refractivity contribution is -0.139. The van der Waals surface area contributed by atoms with E-state index in [-0.39, 0.29) is 12.6 Å². The molecule has 0 saturated carbocycles. The van der Waals surface area contributed by atoms with E-state index in [4.69, 9.17) is 4.74 Å². The van der Waals surface area contributed by atoms with Gasteiger partial charge in [0.2, 0.25) is 0 Å². The van der Waals surface area contributed by atoms with E-state index in [1.165, 1.54) is 0 Å². The Morgan fingerprint density at radius 1 is 1.21 bits per heavy atom. The van der Waals surface area contributed by atoms with Crippen molar-refractivity contribution in [3.8, 4) is 0 Å². The molecule has 14 heavy (non-hydrogen) atoms. The summed E-state index contributed by atoms with van der Waals surface area (Å²) in [6.07, 6.45) is 4.42. The highest BCUT2D eigenvalue weighted by Crippen LogP contribution is 2.04. The van der Waals surface area contributed by atoms with Crippen molar-refractivity contribution in [2.75, 3.05) is 13.3 Å². The minimum absolute atomic E-state index is 0.232. The Kier molecular flexibility index (Phi) is 8.19. The fraction of sp³-hybridized carbons (Fsp3) is 0.727. The monoisotopic (exact) mass is 202 g/mol. The second-order valence-electron chi connectivity index (χ2n) is 3.37. The lowest BCUT2D eigenvalue weighted by Gasteiger charge is -2.03. The molecule has 0 N–H and O–H groups in total. The lowest BCUT2D eigenvalue weighted by atomic mass is 10.2. The first-order valence-electron chi connectivity index (χ1n) is 5.07. The van der Waals surface area contributed by atoms with Gasteiger partial charge in [0.25, 0.3) is 0 Å². The van der Waals surface area contributed by atoms with Crippen LogP contribution in [0.5, 0.6) is 0 Å². The van der Waals surface area contributed by atoms with Gasteiger partial charge in [0.15, 0.2) is 0 Å². The largest absolute Gasteiger partial charge is 0.462 e. The third-order valence-electron chi connectivity index (χ3n) is 1.86. The molecule has 0 aromatic carbocycles. The molecule has 0 amide bonds. The highest BCUT2D eigenvalue weighted by molar-refractivity contribution is 5.86. The Balaban J connectivity index is 3.13. The van der Waals surface area contributed by atoms with Crippen LogP contribution < -0.4 is 0 Å². The van der Waals surface area contributed by atoms with E-state index in [0.717, 1.165) is 25.7 Å². The quantitative estimate of drug-likeness (QED) is 0.343. The highest BCUT2D eigenvalue weighted by Gasteiger charge is 2.01. The first kappa shape index (κ1) is 13.1. The summed E-state index contributed by atoms with van der Waals surface area (Å²) in [5.74, 6) is -0.325. The maximum atomic E-state index is 11.7. The Hall–Kier alpha value is -0.860. The summed E-state index contributed by atoms with van der Waals surface area (Å²) in [7, 11) is 0. The number of ether oxygens (including phenoxy) is 1. The predicted octanol–water partition coefficient (Wildman–Crippen LogP) is 3.03. The molecule has 0 atom stereocenters. The molecule has 82 valence electrons. The van der Waals surface area contributed by atoms with E-state index < -0.39 is 0 Å². The average Bonchev–Trinajstić information content (AvgIpc) is 2.16. The van der Waals surface area contributed by atoms with Crippen LogP contribution in [0, 0.1) is 0 Å². The third kappa shape index (κ3) is 7.77. The minimum atomic E-state index is -0.325. The zero-order valence-corrected chi connectivity index (χ0v) is 8.85. The number of carbonyl (C=O) groups is 1. The summed E-state index contributed by atoms with van der Waals surface area (Å²) in [6, 6.07) is 0. The van der Waals surface area contributed by atoms with Crippen LogP contribution in [0.4, 0.5) is 4.39 Å². The molecule has 0 aliphatic carbocycles. The molecule has 0 heterocycles. The van der Waals surface area contributed by atoms with Crippen LogP contribution >= 0.6 is 0 Å². The van der Waals surface area contributed by atoms with Crippen molar-refractivity contribution < 1.29 is 13.9 Å². The van der Waals surface area contributed by atoms with Gasteiger partial charge < -0.3 is 4.74 Å². The molecule has 0 fully saturated rings. The fourth-order valence-electron chi connectivity index (χ4n) is 1.01. The number of unbranched alkanes of at least 4 members (excludes halogenated alkanes) is 4. The van der Waals surface area contributed by atoms with Gasteiger partial charge >= 0.3 is 5.97 Å². The summed E-state index contributed by atoms with van der Waals surface area (Å²) < 4.78 is 16.6. The molecule has 0 spiro atoms. The topological polar surface area (TPSA) is 26.3 Å². The van der Waals surface area contributed by atoms with Crippen molar-refractivity contribution in [3.63, 3.8) is 0 Å². The average molecular weight is 202 g/mol. The van der Waals surface area contributed by atoms with E-state index in [9.17, 15) is 9.18 Å². The van der Waals surface area contributed by atoms with Crippen molar-refractivity contribution in [2.45, 2.75) is 39.0 Å². The summed E-state index contributed by atoms with van der Waals surface area (Å²) in [5, 5.41) is 0. The van der Waals surface area contributed by atoms with E-state index in [1.54, 1.807) is 6.92 Å². The van der Waals surface area contributed by atoms with Crippen LogP contribution in [-0.4, -0.2) is 19.3 Å². The maximum Gasteiger partial charge on any atom is 0.333 e. The molecule has 0 rings (SSSR count). The van der Waals surface area contributed by atoms with E-state index in [0.29, 0.717) is 18.6 Å². The summed E-state index contributed by atoms with van der Waals surface area (Å²) in [4.78, 5) is 10.9. The number of carbonyl (C=O) groups excluding carboxylic acids is 1. The van der Waals surface area contributed by atoms with E-state index >= 15 is 0 Å². The smallest absolute Gasteiger partial charge is 0.333 e. The molecule has 0 radical (unpaired) electrons. The Morgan fingerprint density at radius 3 is 2.36 bits per heavy atom. The fourth-order valence-corrected chi connectivity index (χ4v) is 1.01. The van der Waals surface area contributed by atoms with Crippen molar-refractivity contribution in [1.82, 2.24) is 0 Å². The molecule has 0 saturated heterocycles. The highest BCUT2D eigenvalue weighted by atomic mass is 19.1. The first-order chi connectivity index (χ1) is 6.68. The number of hydrogen-bond acceptors (Lipinski definition) is 2. The lowest BCUT2D eigenvalue weighted by Crippen LogP contribution is -2.05. The van der Waals surface area contributed by atoms with Crippen molar-refractivity contribution >= 4 is 5.97 Å². The second-order valence-corrected chi connectivity index (χ2v) is 3.37. The number of rotatable bonds is 8. The standard InChI is InChI=1S/C11H19FO2/c1-10(2)11(13)14-9-7-5-3-4-6-8-12/h1,3-9H2,2H3. The van der Waals surface area contributed by atoms with Crippen LogP contribution in [0.25, 0.3) is 0 Å². The van der Waals surface area contributed by atoms with Crippen molar-refractivity contribution in [3.05, 3.63) is 12.2 Å². The Morgan fingerprint density at radius 2 is 1.79 bits per heavy atom. The van der Waals surface area contributed by atoms with Gasteiger partial charge in [-0.1, -0.05) is 25.8 Å². The number of esters is 1. The number of halogens is 1. The normalized spacial score (nSPS) is 9.86. The van der Waals surface area contributed by atoms with Crippen LogP contribution in [0.1, 0.15) is 39.0 Å². The van der Waals surface area contributed by atoms with Crippen molar-refractivity contribution in [1.29, 1.82) is 0 Å². The van der Waals surface area contributed by atoms with Crippen molar-refractivity contribution in [2.24, 2.45) is 0 Å². The van der Waals surface area contributed by atoms with Gasteiger partial charge in [-0.15, -0.1) is 0 Å². The number of hydrogen-bond donors (Lipinski definition) is 0. The van der Waals surface area contributed by atoms with Gasteiger partial charge in [0.1, 0.15) is 0 Å². The zero-order chi connectivity index (χ0) is 10.8. The third-order valence-corrected chi connectivity index (χ3v) is 1.86. The van der Waals surface area contributed by atoms with Crippen LogP contribution in [0.15, 0.2) is 12.2 Å². The van der Waals surface area contributed by atoms with Crippen LogP contribution in [0.2, 0.25) is 0 Å². The van der Waals surface area contributed by atoms with Gasteiger partial charge in [-0.2, -0.15) is 0 Å². The summed E-state index contributed by atoms with van der Waals surface area (Å²) in [5.41, 5.74) is 0.433. The first-order valence-corrected chi connectivity index (χ1v) is 5.07. The number of alkyl halides is 1. The van der Waals surface area contributed by atoms with Crippen LogP contribution in [-0.2, 0) is 9.53 Å². The molecular weight excluding hydrogens is 183 g/mol. The van der Waals surface area contributed by atoms with Gasteiger partial charge in [-0.3, -0.25) is 4.39 Å². The Bertz CT molecular complexity index is 178. The predicted molar refractivity (Wildman–Crippen MR) is 54.8 cm³/mol. The zero-order valence-electron chi connectivity index (χ0n) is 8.85. The second kappa shape index (κ2) is 8.73. The molecule has 0 aromatic rings. The van der Waals surface area contributed by atoms with Crippen LogP contribution in [0.3, 0.4) is 0 Å². The molecule has 0 unspecified atom stereocenters. The molecule has 2 nitrogen and oxygen atoms in total. The molecule has 3 heteroatoms. The summed E-state index contributed by atoms with van der Waals surface area (Å²) in [6.45, 7) is 5.32. The molecule has 0 aromatic heterocycles. The van der Waals surface area contributed by atoms with E-state index in [1.807, 2.05) is 0 Å². The molecule has 0 aliphatic heterocycles. The van der Waals surface area contributed by atoms with Gasteiger partial charge in [0.05, 0.1) is 13.3 Å². The van der Waals surface area contributed by atoms with Gasteiger partial charge in [-0.05, 0) is 19.8 Å². The van der Waals surface area contributed by atoms with E-state index in [2.05, 4.69) is 6.58 Å². The summed E-state index contributed by atoms with van der Waals surface area (Å²) >= 11 is 0. The molecule has 0 bridgehead atoms. The van der Waals surface area contributed by atoms with Gasteiger partial charge in [-0.25, -0.2) is 4.79 Å². The Labute approximate surface area is 85.1 Å². The maximum absolute atomic E-state index is 11.7. The SMILES string of the molecule is C=C(C)C(=O)OCCCCCCCF.